The lowest BCUT2D eigenvalue weighted by molar-refractivity contribution is -0.217. The van der Waals surface area contributed by atoms with Crippen LogP contribution in [-0.2, 0) is 38.1 Å². The quantitative estimate of drug-likeness (QED) is 0.172. The number of hydrogen-bond acceptors (Lipinski definition) is 12. The Labute approximate surface area is 298 Å². The molecule has 0 amide bonds. The van der Waals surface area contributed by atoms with Crippen molar-refractivity contribution in [2.45, 2.75) is 110 Å². The lowest BCUT2D eigenvalue weighted by Gasteiger charge is -2.46. The van der Waals surface area contributed by atoms with Gasteiger partial charge in [-0.1, -0.05) is 27.7 Å². The molecule has 2 aliphatic carbocycles. The van der Waals surface area contributed by atoms with Crippen LogP contribution in [0.2, 0.25) is 0 Å². The monoisotopic (exact) mass is 720 g/mol. The van der Waals surface area contributed by atoms with Gasteiger partial charge in [-0.05, 0) is 71.6 Å². The molecule has 3 aromatic rings. The molecule has 13 heteroatoms. The molecule has 2 saturated carbocycles. The van der Waals surface area contributed by atoms with Crippen molar-refractivity contribution in [2.75, 3.05) is 7.11 Å². The van der Waals surface area contributed by atoms with Gasteiger partial charge < -0.3 is 32.8 Å². The van der Waals surface area contributed by atoms with Crippen molar-refractivity contribution in [1.82, 2.24) is 0 Å². The molecule has 0 spiro atoms. The molecule has 0 N–H and O–H groups in total. The Hall–Kier alpha value is -4.68. The summed E-state index contributed by atoms with van der Waals surface area (Å²) in [5, 5.41) is -0.152. The largest absolute Gasteiger partial charge is 0.496 e. The van der Waals surface area contributed by atoms with Gasteiger partial charge in [0.05, 0.1) is 28.9 Å². The van der Waals surface area contributed by atoms with Gasteiger partial charge in [-0.3, -0.25) is 14.4 Å². The van der Waals surface area contributed by atoms with Crippen LogP contribution in [0.15, 0.2) is 33.5 Å². The molecule has 52 heavy (non-hydrogen) atoms. The Kier molecular flexibility index (Phi) is 6.65. The van der Waals surface area contributed by atoms with Crippen molar-refractivity contribution in [2.24, 2.45) is 21.7 Å². The topological polar surface area (TPSA) is 154 Å². The smallest absolute Gasteiger partial charge is 0.351 e. The van der Waals surface area contributed by atoms with Crippen LogP contribution in [0.5, 0.6) is 11.5 Å². The zero-order valence-corrected chi connectivity index (χ0v) is 30.6. The first kappa shape index (κ1) is 34.4. The third-order valence-corrected chi connectivity index (χ3v) is 14.0. The van der Waals surface area contributed by atoms with Gasteiger partial charge >= 0.3 is 23.9 Å². The molecule has 4 fully saturated rings. The van der Waals surface area contributed by atoms with Crippen LogP contribution in [-0.4, -0.2) is 53.9 Å². The van der Waals surface area contributed by atoms with Crippen molar-refractivity contribution in [3.05, 3.63) is 45.9 Å². The summed E-state index contributed by atoms with van der Waals surface area (Å²) in [5.74, 6) is -3.28. The van der Waals surface area contributed by atoms with E-state index < -0.39 is 85.8 Å². The number of hydrogen-bond donors (Lipinski definition) is 0. The maximum Gasteiger partial charge on any atom is 0.351 e. The van der Waals surface area contributed by atoms with Gasteiger partial charge in [0.2, 0.25) is 16.6 Å². The molecule has 3 aliphatic heterocycles. The molecule has 276 valence electrons. The molecule has 0 radical (unpaired) electrons. The van der Waals surface area contributed by atoms with E-state index in [9.17, 15) is 28.4 Å². The Morgan fingerprint density at radius 3 is 1.83 bits per heavy atom. The third-order valence-electron chi connectivity index (χ3n) is 14.0. The van der Waals surface area contributed by atoms with Gasteiger partial charge in [-0.25, -0.2) is 14.0 Å². The number of fused-ring (bicyclic) bond motifs is 8. The Balaban J connectivity index is 1.33. The van der Waals surface area contributed by atoms with Crippen LogP contribution < -0.4 is 14.9 Å². The molecule has 0 unspecified atom stereocenters. The van der Waals surface area contributed by atoms with Gasteiger partial charge in [0.15, 0.2) is 17.8 Å². The zero-order valence-electron chi connectivity index (χ0n) is 30.6. The van der Waals surface area contributed by atoms with E-state index >= 15 is 0 Å². The van der Waals surface area contributed by atoms with E-state index in [1.165, 1.54) is 19.2 Å². The van der Waals surface area contributed by atoms with Crippen LogP contribution >= 0.6 is 0 Å². The molecular weight excluding hydrogens is 679 g/mol. The molecule has 12 nitrogen and oxygen atoms in total. The fraction of sp³-hybridized carbons (Fsp3) is 0.564. The van der Waals surface area contributed by atoms with Gasteiger partial charge in [-0.2, -0.15) is 0 Å². The van der Waals surface area contributed by atoms with E-state index in [1.54, 1.807) is 55.4 Å². The molecule has 5 aliphatic rings. The fourth-order valence-corrected chi connectivity index (χ4v) is 9.48. The fourth-order valence-electron chi connectivity index (χ4n) is 9.48. The van der Waals surface area contributed by atoms with E-state index in [1.807, 2.05) is 0 Å². The first-order valence-electron chi connectivity index (χ1n) is 17.5. The molecule has 4 bridgehead atoms. The standard InChI is InChI=1S/C39H41FO12/c1-33(2)28(49-32(45)39-15-13-37(8,30(43)52-39)35(39,5)6)27(48-31(44)38-14-12-36(7,29(42)51-38)34(38,3)4)24-22(50-33)17-21(46-9)23-25(41)19-16-18(40)10-11-20(19)47-26(23)24/h10-11,16-17,27-28H,12-15H2,1-9H3/t27-,28-,36+,37+,38-,39-/m1/s1. The van der Waals surface area contributed by atoms with E-state index in [0.29, 0.717) is 12.8 Å². The number of benzene rings is 2. The predicted octanol–water partition coefficient (Wildman–Crippen LogP) is 6.00. The molecule has 2 aromatic carbocycles. The van der Waals surface area contributed by atoms with Crippen LogP contribution in [0.25, 0.3) is 21.9 Å². The number of esters is 4. The highest BCUT2D eigenvalue weighted by molar-refractivity contribution is 5.98. The summed E-state index contributed by atoms with van der Waals surface area (Å²) in [6.45, 7) is 13.9. The third kappa shape index (κ3) is 3.79. The average Bonchev–Trinajstić information content (AvgIpc) is 3.53. The van der Waals surface area contributed by atoms with E-state index in [4.69, 9.17) is 32.8 Å². The van der Waals surface area contributed by atoms with Gasteiger partial charge in [0.1, 0.15) is 33.9 Å². The second-order valence-corrected chi connectivity index (χ2v) is 17.0. The minimum absolute atomic E-state index is 0.0255. The SMILES string of the molecule is COc1cc2c(c3oc4ccc(F)cc4c(=O)c13)[C@@H](OC(=O)[C@@]13CC[C@@](C)(C(=O)O1)C3(C)C)[C@@H](OC(=O)[C@@]13CC[C@@](C)(C(=O)O1)C3(C)C)C(C)(C)O2. The summed E-state index contributed by atoms with van der Waals surface area (Å²) in [5.41, 5.74) is -9.28. The average molecular weight is 721 g/mol. The highest BCUT2D eigenvalue weighted by atomic mass is 19.1. The summed E-state index contributed by atoms with van der Waals surface area (Å²) in [4.78, 5) is 69.6. The highest BCUT2D eigenvalue weighted by Gasteiger charge is 2.78. The number of carbonyl (C=O) groups excluding carboxylic acids is 4. The zero-order chi connectivity index (χ0) is 37.8. The van der Waals surface area contributed by atoms with E-state index in [0.717, 1.165) is 12.1 Å². The first-order chi connectivity index (χ1) is 24.1. The number of rotatable bonds is 5. The Bertz CT molecular complexity index is 2240. The summed E-state index contributed by atoms with van der Waals surface area (Å²) in [6, 6.07) is 4.92. The Morgan fingerprint density at radius 2 is 1.33 bits per heavy atom. The lowest BCUT2D eigenvalue weighted by Crippen LogP contribution is -2.57. The second kappa shape index (κ2) is 10.0. The first-order valence-corrected chi connectivity index (χ1v) is 17.5. The van der Waals surface area contributed by atoms with Crippen molar-refractivity contribution in [1.29, 1.82) is 0 Å². The van der Waals surface area contributed by atoms with Crippen molar-refractivity contribution in [3.8, 4) is 11.5 Å². The Morgan fingerprint density at radius 1 is 0.769 bits per heavy atom. The maximum atomic E-state index is 14.7. The summed E-state index contributed by atoms with van der Waals surface area (Å²) in [7, 11) is 1.35. The number of carbonyl (C=O) groups is 4. The lowest BCUT2D eigenvalue weighted by atomic mass is 9.66. The molecule has 6 atom stereocenters. The normalized spacial score (nSPS) is 34.4. The second-order valence-electron chi connectivity index (χ2n) is 17.0. The van der Waals surface area contributed by atoms with Crippen molar-refractivity contribution in [3.63, 3.8) is 0 Å². The summed E-state index contributed by atoms with van der Waals surface area (Å²) >= 11 is 0. The van der Waals surface area contributed by atoms with Crippen molar-refractivity contribution < 1.29 is 56.4 Å². The van der Waals surface area contributed by atoms with Crippen LogP contribution in [0.4, 0.5) is 4.39 Å². The van der Waals surface area contributed by atoms with Crippen molar-refractivity contribution >= 4 is 45.8 Å². The van der Waals surface area contributed by atoms with E-state index in [-0.39, 0.29) is 51.8 Å². The van der Waals surface area contributed by atoms with Gasteiger partial charge in [0.25, 0.3) is 0 Å². The summed E-state index contributed by atoms with van der Waals surface area (Å²) in [6.07, 6.45) is -1.79. The molecule has 4 heterocycles. The van der Waals surface area contributed by atoms with Crippen LogP contribution in [0, 0.1) is 27.5 Å². The molecular formula is C39H41FO12. The van der Waals surface area contributed by atoms with Crippen LogP contribution in [0.1, 0.15) is 92.7 Å². The molecule has 1 aromatic heterocycles. The number of halogens is 1. The molecule has 2 saturated heterocycles. The minimum atomic E-state index is -1.68. The van der Waals surface area contributed by atoms with Gasteiger partial charge in [0, 0.05) is 16.9 Å². The van der Waals surface area contributed by atoms with Crippen LogP contribution in [0.3, 0.4) is 0 Å². The van der Waals surface area contributed by atoms with E-state index in [2.05, 4.69) is 0 Å². The van der Waals surface area contributed by atoms with Gasteiger partial charge in [-0.15, -0.1) is 0 Å². The number of ether oxygens (including phenoxy) is 6. The minimum Gasteiger partial charge on any atom is -0.496 e. The number of methoxy groups -OCH3 is 1. The predicted molar refractivity (Wildman–Crippen MR) is 180 cm³/mol. The molecule has 8 rings (SSSR count). The summed E-state index contributed by atoms with van der Waals surface area (Å²) < 4.78 is 57.3. The maximum absolute atomic E-state index is 14.7. The highest BCUT2D eigenvalue weighted by Crippen LogP contribution is 2.68.